The van der Waals surface area contributed by atoms with Crippen LogP contribution in [-0.2, 0) is 6.54 Å². The van der Waals surface area contributed by atoms with Crippen molar-refractivity contribution in [1.29, 1.82) is 0 Å². The first-order valence-electron chi connectivity index (χ1n) is 9.92. The molecule has 1 aromatic rings. The van der Waals surface area contributed by atoms with E-state index < -0.39 is 0 Å². The van der Waals surface area contributed by atoms with Gasteiger partial charge >= 0.3 is 0 Å². The molecular weight excluding hydrogens is 316 g/mol. The summed E-state index contributed by atoms with van der Waals surface area (Å²) in [6, 6.07) is 4.14. The lowest BCUT2D eigenvalue weighted by molar-refractivity contribution is -0.0168. The van der Waals surface area contributed by atoms with Gasteiger partial charge in [-0.25, -0.2) is 0 Å². The van der Waals surface area contributed by atoms with Gasteiger partial charge < -0.3 is 14.4 Å². The van der Waals surface area contributed by atoms with Crippen molar-refractivity contribution in [3.05, 3.63) is 23.7 Å². The van der Waals surface area contributed by atoms with Gasteiger partial charge in [-0.15, -0.1) is 0 Å². The molecule has 0 saturated carbocycles. The highest BCUT2D eigenvalue weighted by atomic mass is 16.4. The van der Waals surface area contributed by atoms with Gasteiger partial charge in [-0.2, -0.15) is 0 Å². The van der Waals surface area contributed by atoms with Gasteiger partial charge in [0.05, 0.1) is 12.6 Å². The zero-order valence-electron chi connectivity index (χ0n) is 15.2. The first kappa shape index (κ1) is 17.1. The Balaban J connectivity index is 1.42. The Morgan fingerprint density at radius 2 is 1.84 bits per heavy atom. The van der Waals surface area contributed by atoms with Gasteiger partial charge in [-0.1, -0.05) is 6.92 Å². The molecule has 3 atom stereocenters. The number of nitrogens with zero attached hydrogens (tertiary/aromatic N) is 2. The van der Waals surface area contributed by atoms with Crippen molar-refractivity contribution in [2.75, 3.05) is 13.1 Å². The van der Waals surface area contributed by atoms with E-state index in [4.69, 9.17) is 4.42 Å². The van der Waals surface area contributed by atoms with Gasteiger partial charge in [0.1, 0.15) is 5.76 Å². The molecule has 2 bridgehead atoms. The summed E-state index contributed by atoms with van der Waals surface area (Å²) < 4.78 is 5.92. The first-order valence-corrected chi connectivity index (χ1v) is 9.92. The molecule has 1 aromatic heterocycles. The van der Waals surface area contributed by atoms with Crippen LogP contribution in [-0.4, -0.2) is 52.1 Å². The molecule has 138 valence electrons. The lowest BCUT2D eigenvalue weighted by Crippen LogP contribution is -2.55. The van der Waals surface area contributed by atoms with Crippen LogP contribution in [0.5, 0.6) is 0 Å². The minimum Gasteiger partial charge on any atom is -0.455 e. The molecule has 5 heteroatoms. The molecule has 4 heterocycles. The predicted octanol–water partition coefficient (Wildman–Crippen LogP) is 3.03. The molecule has 1 unspecified atom stereocenters. The van der Waals surface area contributed by atoms with E-state index in [1.54, 1.807) is 0 Å². The molecular formula is C20H30N2O3. The van der Waals surface area contributed by atoms with Crippen LogP contribution in [0, 0.1) is 5.92 Å². The normalized spacial score (nSPS) is 31.3. The summed E-state index contributed by atoms with van der Waals surface area (Å²) in [5.74, 6) is 2.19. The van der Waals surface area contributed by atoms with Gasteiger partial charge in [0.15, 0.2) is 5.76 Å². The van der Waals surface area contributed by atoms with Crippen LogP contribution < -0.4 is 0 Å². The van der Waals surface area contributed by atoms with Crippen LogP contribution >= 0.6 is 0 Å². The van der Waals surface area contributed by atoms with Gasteiger partial charge in [0.25, 0.3) is 5.91 Å². The monoisotopic (exact) mass is 346 g/mol. The second-order valence-electron chi connectivity index (χ2n) is 8.30. The summed E-state index contributed by atoms with van der Waals surface area (Å²) in [5.41, 5.74) is 0. The zero-order valence-corrected chi connectivity index (χ0v) is 15.2. The van der Waals surface area contributed by atoms with Crippen LogP contribution in [0.25, 0.3) is 0 Å². The standard InChI is InChI=1S/C20H30N2O3/c1-14-7-9-21(10-8-14)13-18-5-6-19(25-18)20(24)22-15-3-2-4-16(22)12-17(23)11-15/h5-6,14-17,23H,2-4,7-13H2,1H3/t15-,16+,17?. The number of piperidine rings is 3. The molecule has 3 aliphatic heterocycles. The number of furan rings is 1. The van der Waals surface area contributed by atoms with Crippen LogP contribution in [0.15, 0.2) is 16.5 Å². The van der Waals surface area contributed by atoms with Gasteiger partial charge in [-0.3, -0.25) is 9.69 Å². The van der Waals surface area contributed by atoms with Crippen molar-refractivity contribution in [3.63, 3.8) is 0 Å². The van der Waals surface area contributed by atoms with E-state index in [1.807, 2.05) is 17.0 Å². The maximum absolute atomic E-state index is 13.0. The maximum Gasteiger partial charge on any atom is 0.290 e. The van der Waals surface area contributed by atoms with Crippen LogP contribution in [0.2, 0.25) is 0 Å². The third-order valence-corrected chi connectivity index (χ3v) is 6.31. The third-order valence-electron chi connectivity index (χ3n) is 6.31. The highest BCUT2D eigenvalue weighted by Crippen LogP contribution is 2.35. The Morgan fingerprint density at radius 3 is 2.52 bits per heavy atom. The highest BCUT2D eigenvalue weighted by Gasteiger charge is 2.41. The lowest BCUT2D eigenvalue weighted by atomic mass is 9.83. The molecule has 3 fully saturated rings. The Hall–Kier alpha value is -1.33. The maximum atomic E-state index is 13.0. The largest absolute Gasteiger partial charge is 0.455 e. The van der Waals surface area contributed by atoms with Crippen LogP contribution in [0.1, 0.15) is 68.2 Å². The zero-order chi connectivity index (χ0) is 17.4. The Bertz CT molecular complexity index is 592. The van der Waals surface area contributed by atoms with Crippen LogP contribution in [0.4, 0.5) is 0 Å². The number of hydrogen-bond acceptors (Lipinski definition) is 4. The van der Waals surface area contributed by atoms with Gasteiger partial charge in [0.2, 0.25) is 0 Å². The summed E-state index contributed by atoms with van der Waals surface area (Å²) in [4.78, 5) is 17.4. The van der Waals surface area contributed by atoms with Crippen molar-refractivity contribution in [2.45, 2.75) is 76.6 Å². The average molecular weight is 346 g/mol. The quantitative estimate of drug-likeness (QED) is 0.914. The van der Waals surface area contributed by atoms with E-state index in [1.165, 1.54) is 12.8 Å². The molecule has 0 aliphatic carbocycles. The fourth-order valence-electron chi connectivity index (χ4n) is 4.83. The fraction of sp³-hybridized carbons (Fsp3) is 0.750. The third kappa shape index (κ3) is 3.63. The summed E-state index contributed by atoms with van der Waals surface area (Å²) >= 11 is 0. The molecule has 1 N–H and O–H groups in total. The van der Waals surface area contributed by atoms with Crippen molar-refractivity contribution in [1.82, 2.24) is 9.80 Å². The average Bonchev–Trinajstić information content (AvgIpc) is 3.04. The number of amides is 1. The molecule has 25 heavy (non-hydrogen) atoms. The van der Waals surface area contributed by atoms with Crippen molar-refractivity contribution >= 4 is 5.91 Å². The van der Waals surface area contributed by atoms with E-state index in [9.17, 15) is 9.90 Å². The summed E-state index contributed by atoms with van der Waals surface area (Å²) in [6.07, 6.45) is 6.80. The Kier molecular flexibility index (Phi) is 4.87. The molecule has 3 aliphatic rings. The summed E-state index contributed by atoms with van der Waals surface area (Å²) in [7, 11) is 0. The Labute approximate surface area is 150 Å². The van der Waals surface area contributed by atoms with E-state index in [-0.39, 0.29) is 24.1 Å². The smallest absolute Gasteiger partial charge is 0.290 e. The SMILES string of the molecule is CC1CCN(Cc2ccc(C(=O)N3[C@@H]4CCC[C@H]3CC(O)C4)o2)CC1. The molecule has 3 saturated heterocycles. The second-order valence-corrected chi connectivity index (χ2v) is 8.30. The Morgan fingerprint density at radius 1 is 1.16 bits per heavy atom. The van der Waals surface area contributed by atoms with Crippen molar-refractivity contribution in [2.24, 2.45) is 5.92 Å². The van der Waals surface area contributed by atoms with Gasteiger partial charge in [-0.05, 0) is 76.1 Å². The van der Waals surface area contributed by atoms with Gasteiger partial charge in [0, 0.05) is 12.1 Å². The lowest BCUT2D eigenvalue weighted by Gasteiger charge is -2.47. The highest BCUT2D eigenvalue weighted by molar-refractivity contribution is 5.92. The number of carbonyl (C=O) groups excluding carboxylic acids is 1. The van der Waals surface area contributed by atoms with E-state index in [0.717, 1.165) is 50.6 Å². The molecule has 4 rings (SSSR count). The molecule has 0 radical (unpaired) electrons. The number of aliphatic hydroxyl groups excluding tert-OH is 1. The van der Waals surface area contributed by atoms with Crippen LogP contribution in [0.3, 0.4) is 0 Å². The minimum atomic E-state index is -0.256. The molecule has 0 spiro atoms. The predicted molar refractivity (Wildman–Crippen MR) is 95.2 cm³/mol. The van der Waals surface area contributed by atoms with E-state index in [0.29, 0.717) is 18.6 Å². The topological polar surface area (TPSA) is 56.9 Å². The number of hydrogen-bond donors (Lipinski definition) is 1. The molecule has 1 amide bonds. The molecule has 5 nitrogen and oxygen atoms in total. The summed E-state index contributed by atoms with van der Waals surface area (Å²) in [6.45, 7) is 5.33. The number of aliphatic hydroxyl groups is 1. The second kappa shape index (κ2) is 7.12. The van der Waals surface area contributed by atoms with Crippen molar-refractivity contribution < 1.29 is 14.3 Å². The number of carbonyl (C=O) groups is 1. The minimum absolute atomic E-state index is 0.0140. The first-order chi connectivity index (χ1) is 12.1. The number of fused-ring (bicyclic) bond motifs is 2. The number of rotatable bonds is 3. The van der Waals surface area contributed by atoms with E-state index >= 15 is 0 Å². The summed E-state index contributed by atoms with van der Waals surface area (Å²) in [5, 5.41) is 10.0. The fourth-order valence-corrected chi connectivity index (χ4v) is 4.83. The van der Waals surface area contributed by atoms with Crippen molar-refractivity contribution in [3.8, 4) is 0 Å². The molecule has 0 aromatic carbocycles. The van der Waals surface area contributed by atoms with E-state index in [2.05, 4.69) is 11.8 Å². The number of likely N-dealkylation sites (tertiary alicyclic amines) is 1.